The molecule has 5 rings (SSSR count). The van der Waals surface area contributed by atoms with E-state index in [1.54, 1.807) is 13.2 Å². The van der Waals surface area contributed by atoms with E-state index in [-0.39, 0.29) is 46.4 Å². The number of hydrogen-bond acceptors (Lipinski definition) is 11. The molecule has 0 spiro atoms. The Morgan fingerprint density at radius 3 is 2.31 bits per heavy atom. The number of sulfone groups is 1. The molecule has 0 saturated carbocycles. The van der Waals surface area contributed by atoms with Gasteiger partial charge in [0.2, 0.25) is 9.84 Å². The van der Waals surface area contributed by atoms with Crippen molar-refractivity contribution in [3.8, 4) is 0 Å². The lowest BCUT2D eigenvalue weighted by atomic mass is 10.1. The second-order valence-corrected chi connectivity index (χ2v) is 13.6. The molecule has 0 aliphatic carbocycles. The van der Waals surface area contributed by atoms with Gasteiger partial charge in [0.05, 0.1) is 34.1 Å². The molecule has 1 aliphatic heterocycles. The molecule has 4 aromatic rings. The minimum Gasteiger partial charge on any atom is -0.445 e. The third-order valence-corrected chi connectivity index (χ3v) is 9.69. The fraction of sp³-hybridized carbons (Fsp3) is 0.364. The number of nitrogens with zero attached hydrogens (tertiary/aromatic N) is 4. The van der Waals surface area contributed by atoms with Crippen LogP contribution in [0.15, 0.2) is 64.4 Å². The number of carbonyl (C=O) groups excluding carboxylic acids is 2. The summed E-state index contributed by atoms with van der Waals surface area (Å²) in [7, 11) is 0.641. The topological polar surface area (TPSA) is 144 Å². The first-order chi connectivity index (χ1) is 23.4. The Morgan fingerprint density at radius 2 is 1.63 bits per heavy atom. The first kappa shape index (κ1) is 35.7. The van der Waals surface area contributed by atoms with Crippen LogP contribution in [0.25, 0.3) is 10.9 Å². The van der Waals surface area contributed by atoms with Crippen LogP contribution >= 0.6 is 0 Å². The quantitative estimate of drug-likeness (QED) is 0.205. The van der Waals surface area contributed by atoms with Crippen molar-refractivity contribution in [1.82, 2.24) is 14.7 Å². The number of likely N-dealkylation sites (N-methyl/N-ethyl adjacent to an activating group) is 1. The summed E-state index contributed by atoms with van der Waals surface area (Å²) in [5.74, 6) is -2.88. The molecule has 1 aliphatic rings. The Hall–Kier alpha value is -4.64. The monoisotopic (exact) mass is 700 g/mol. The van der Waals surface area contributed by atoms with E-state index in [0.29, 0.717) is 30.5 Å². The number of methoxy groups -OCH3 is 2. The predicted molar refractivity (Wildman–Crippen MR) is 179 cm³/mol. The van der Waals surface area contributed by atoms with Gasteiger partial charge in [-0.15, -0.1) is 5.10 Å². The number of piperazine rings is 1. The Labute approximate surface area is 282 Å². The fourth-order valence-electron chi connectivity index (χ4n) is 5.43. The number of anilines is 3. The molecule has 1 saturated heterocycles. The van der Waals surface area contributed by atoms with Crippen molar-refractivity contribution in [2.45, 2.75) is 22.8 Å². The summed E-state index contributed by atoms with van der Waals surface area (Å²) in [5, 5.41) is 10.4. The van der Waals surface area contributed by atoms with Crippen LogP contribution in [-0.4, -0.2) is 108 Å². The van der Waals surface area contributed by atoms with E-state index in [1.165, 1.54) is 25.3 Å². The van der Waals surface area contributed by atoms with Crippen LogP contribution in [-0.2, 0) is 24.0 Å². The largest absolute Gasteiger partial charge is 0.445 e. The van der Waals surface area contributed by atoms with Crippen molar-refractivity contribution in [3.05, 3.63) is 71.8 Å². The lowest BCUT2D eigenvalue weighted by molar-refractivity contribution is 0.0980. The van der Waals surface area contributed by atoms with Crippen molar-refractivity contribution in [3.63, 3.8) is 0 Å². The first-order valence-corrected chi connectivity index (χ1v) is 16.9. The standard InChI is InChI=1S/C33H38F2N6O7S/c1-21(20-47-4)36-29-18-24(40-11-9-39(2)10-12-40)5-7-27(29)32(42)37-31-28-19-25(49(44,45)26-16-22(34)15-23(35)17-26)6-8-30(28)41(38-31)33(43)48-14-13-46-3/h5-8,15-19,21,36H,9-14,20H2,1-4H3,(H,37,38,42)/t21-/m0/s1. The minimum atomic E-state index is -4.44. The molecular weight excluding hydrogens is 662 g/mol. The molecule has 16 heteroatoms. The highest BCUT2D eigenvalue weighted by molar-refractivity contribution is 7.91. The van der Waals surface area contributed by atoms with Crippen LogP contribution in [0, 0.1) is 11.6 Å². The molecular formula is C33H38F2N6O7S. The number of carbonyl (C=O) groups is 2. The lowest BCUT2D eigenvalue weighted by Gasteiger charge is -2.34. The molecule has 262 valence electrons. The van der Waals surface area contributed by atoms with Crippen molar-refractivity contribution < 1.29 is 41.0 Å². The normalized spacial score (nSPS) is 14.5. The molecule has 13 nitrogen and oxygen atoms in total. The zero-order valence-corrected chi connectivity index (χ0v) is 28.4. The van der Waals surface area contributed by atoms with Crippen LogP contribution in [0.1, 0.15) is 17.3 Å². The molecule has 1 fully saturated rings. The number of nitrogens with one attached hydrogen (secondary N) is 2. The van der Waals surface area contributed by atoms with Gasteiger partial charge in [0.25, 0.3) is 5.91 Å². The van der Waals surface area contributed by atoms with Crippen LogP contribution in [0.4, 0.5) is 30.8 Å². The third-order valence-electron chi connectivity index (χ3n) is 7.96. The van der Waals surface area contributed by atoms with E-state index >= 15 is 0 Å². The number of rotatable bonds is 12. The highest BCUT2D eigenvalue weighted by Gasteiger charge is 2.26. The van der Waals surface area contributed by atoms with Gasteiger partial charge in [-0.3, -0.25) is 4.79 Å². The summed E-state index contributed by atoms with van der Waals surface area (Å²) in [4.78, 5) is 30.4. The van der Waals surface area contributed by atoms with E-state index in [2.05, 4.69) is 32.6 Å². The average molecular weight is 701 g/mol. The second kappa shape index (κ2) is 15.3. The molecule has 1 amide bonds. The molecule has 2 N–H and O–H groups in total. The van der Waals surface area contributed by atoms with Gasteiger partial charge in [-0.2, -0.15) is 4.68 Å². The number of benzene rings is 3. The Balaban J connectivity index is 1.55. The maximum absolute atomic E-state index is 14.0. The molecule has 2 heterocycles. The third kappa shape index (κ3) is 8.16. The summed E-state index contributed by atoms with van der Waals surface area (Å²) in [5.41, 5.74) is 1.82. The van der Waals surface area contributed by atoms with Crippen molar-refractivity contribution in [2.75, 3.05) is 82.8 Å². The molecule has 1 atom stereocenters. The fourth-order valence-corrected chi connectivity index (χ4v) is 6.76. The van der Waals surface area contributed by atoms with Crippen molar-refractivity contribution >= 4 is 49.9 Å². The van der Waals surface area contributed by atoms with Crippen LogP contribution < -0.4 is 15.5 Å². The summed E-state index contributed by atoms with van der Waals surface area (Å²) < 4.78 is 71.2. The van der Waals surface area contributed by atoms with Gasteiger partial charge >= 0.3 is 6.09 Å². The van der Waals surface area contributed by atoms with Crippen molar-refractivity contribution in [1.29, 1.82) is 0 Å². The number of amides is 1. The molecule has 1 aromatic heterocycles. The van der Waals surface area contributed by atoms with Crippen molar-refractivity contribution in [2.24, 2.45) is 0 Å². The van der Waals surface area contributed by atoms with Gasteiger partial charge in [-0.1, -0.05) is 0 Å². The first-order valence-electron chi connectivity index (χ1n) is 15.5. The molecule has 0 bridgehead atoms. The number of hydrogen-bond donors (Lipinski definition) is 2. The summed E-state index contributed by atoms with van der Waals surface area (Å²) >= 11 is 0. The summed E-state index contributed by atoms with van der Waals surface area (Å²) in [6.07, 6.45) is -0.905. The number of fused-ring (bicyclic) bond motifs is 1. The SMILES string of the molecule is COCCOC(=O)n1nc(NC(=O)c2ccc(N3CCN(C)CC3)cc2N[C@@H](C)COC)c2cc(S(=O)(=O)c3cc(F)cc(F)c3)ccc21. The van der Waals surface area contributed by atoms with E-state index in [9.17, 15) is 26.8 Å². The zero-order valence-electron chi connectivity index (χ0n) is 27.5. The Bertz CT molecular complexity index is 1930. The summed E-state index contributed by atoms with van der Waals surface area (Å²) in [6.45, 7) is 5.70. The molecule has 0 radical (unpaired) electrons. The maximum atomic E-state index is 14.0. The van der Waals surface area contributed by atoms with Crippen LogP contribution in [0.3, 0.4) is 0 Å². The van der Waals surface area contributed by atoms with Crippen LogP contribution in [0.2, 0.25) is 0 Å². The van der Waals surface area contributed by atoms with E-state index in [4.69, 9.17) is 14.2 Å². The van der Waals surface area contributed by atoms with E-state index in [0.717, 1.165) is 36.5 Å². The number of ether oxygens (including phenoxy) is 3. The highest BCUT2D eigenvalue weighted by atomic mass is 32.2. The van der Waals surface area contributed by atoms with Gasteiger partial charge in [0, 0.05) is 69.3 Å². The maximum Gasteiger partial charge on any atom is 0.435 e. The average Bonchev–Trinajstić information content (AvgIpc) is 3.42. The lowest BCUT2D eigenvalue weighted by Crippen LogP contribution is -2.44. The minimum absolute atomic E-state index is 0.0614. The smallest absolute Gasteiger partial charge is 0.435 e. The Kier molecular flexibility index (Phi) is 11.1. The van der Waals surface area contributed by atoms with Gasteiger partial charge in [-0.25, -0.2) is 22.0 Å². The highest BCUT2D eigenvalue weighted by Crippen LogP contribution is 2.32. The van der Waals surface area contributed by atoms with Crippen LogP contribution in [0.5, 0.6) is 0 Å². The molecule has 0 unspecified atom stereocenters. The van der Waals surface area contributed by atoms with E-state index < -0.39 is 38.4 Å². The van der Waals surface area contributed by atoms with E-state index in [1.807, 2.05) is 19.1 Å². The van der Waals surface area contributed by atoms with Gasteiger partial charge in [0.1, 0.15) is 18.2 Å². The predicted octanol–water partition coefficient (Wildman–Crippen LogP) is 4.23. The molecule has 3 aromatic carbocycles. The summed E-state index contributed by atoms with van der Waals surface area (Å²) in [6, 6.07) is 10.8. The van der Waals surface area contributed by atoms with Gasteiger partial charge < -0.3 is 34.6 Å². The van der Waals surface area contributed by atoms with Gasteiger partial charge in [-0.05, 0) is 62.5 Å². The number of aromatic nitrogens is 2. The zero-order chi connectivity index (χ0) is 35.3. The number of halogens is 2. The Morgan fingerprint density at radius 1 is 0.918 bits per heavy atom. The second-order valence-electron chi connectivity index (χ2n) is 11.6. The molecule has 49 heavy (non-hydrogen) atoms. The van der Waals surface area contributed by atoms with Gasteiger partial charge in [0.15, 0.2) is 5.82 Å².